The van der Waals surface area contributed by atoms with Crippen molar-refractivity contribution in [3.63, 3.8) is 0 Å². The fourth-order valence-corrected chi connectivity index (χ4v) is 4.10. The van der Waals surface area contributed by atoms with Gasteiger partial charge in [-0.2, -0.15) is 5.10 Å². The predicted molar refractivity (Wildman–Crippen MR) is 110 cm³/mol. The lowest BCUT2D eigenvalue weighted by Gasteiger charge is -2.17. The Morgan fingerprint density at radius 2 is 1.75 bits per heavy atom. The molecule has 0 spiro atoms. The maximum Gasteiger partial charge on any atom is 0.257 e. The highest BCUT2D eigenvalue weighted by Gasteiger charge is 2.36. The van der Waals surface area contributed by atoms with Crippen LogP contribution in [0, 0.1) is 12.8 Å². The number of nitrogens with two attached hydrogens (primary N) is 1. The molecule has 0 bridgehead atoms. The van der Waals surface area contributed by atoms with E-state index in [1.165, 1.54) is 11.1 Å². The molecule has 1 aliphatic rings. The Morgan fingerprint density at radius 1 is 1.07 bits per heavy atom. The van der Waals surface area contributed by atoms with E-state index in [1.807, 2.05) is 52.9 Å². The highest BCUT2D eigenvalue weighted by atomic mass is 16.2. The molecule has 0 unspecified atom stereocenters. The Morgan fingerprint density at radius 3 is 2.43 bits per heavy atom. The van der Waals surface area contributed by atoms with Gasteiger partial charge in [0, 0.05) is 24.7 Å². The van der Waals surface area contributed by atoms with E-state index in [4.69, 9.17) is 5.73 Å². The normalized spacial score (nSPS) is 19.1. The van der Waals surface area contributed by atoms with Gasteiger partial charge in [0.1, 0.15) is 0 Å². The van der Waals surface area contributed by atoms with Gasteiger partial charge in [0.2, 0.25) is 0 Å². The molecule has 4 rings (SSSR count). The minimum absolute atomic E-state index is 0.0497. The molecule has 2 aromatic carbocycles. The summed E-state index contributed by atoms with van der Waals surface area (Å²) in [6, 6.07) is 20.5. The largest absolute Gasteiger partial charge is 0.338 e. The van der Waals surface area contributed by atoms with Crippen LogP contribution < -0.4 is 5.73 Å². The second-order valence-electron chi connectivity index (χ2n) is 7.51. The summed E-state index contributed by atoms with van der Waals surface area (Å²) in [7, 11) is 0. The highest BCUT2D eigenvalue weighted by molar-refractivity contribution is 5.95. The van der Waals surface area contributed by atoms with Crippen LogP contribution in [-0.2, 0) is 6.54 Å². The van der Waals surface area contributed by atoms with Crippen molar-refractivity contribution in [3.05, 3.63) is 89.2 Å². The van der Waals surface area contributed by atoms with Crippen LogP contribution in [0.4, 0.5) is 0 Å². The number of aromatic nitrogens is 2. The summed E-state index contributed by atoms with van der Waals surface area (Å²) in [4.78, 5) is 15.1. The molecule has 3 aromatic rings. The molecule has 1 aliphatic heterocycles. The Bertz CT molecular complexity index is 936. The first-order valence-corrected chi connectivity index (χ1v) is 9.78. The number of amides is 1. The van der Waals surface area contributed by atoms with Crippen molar-refractivity contribution in [2.45, 2.75) is 19.4 Å². The molecule has 1 saturated heterocycles. The summed E-state index contributed by atoms with van der Waals surface area (Å²) in [5.41, 5.74) is 10.0. The average Bonchev–Trinajstić information content (AvgIpc) is 3.33. The fraction of sp³-hybridized carbons (Fsp3) is 0.304. The van der Waals surface area contributed by atoms with Crippen LogP contribution >= 0.6 is 0 Å². The number of nitrogens with zero attached hydrogens (tertiary/aromatic N) is 3. The Hall–Kier alpha value is -2.92. The maximum absolute atomic E-state index is 13.2. The summed E-state index contributed by atoms with van der Waals surface area (Å²) in [6.45, 7) is 4.61. The van der Waals surface area contributed by atoms with Crippen molar-refractivity contribution in [1.82, 2.24) is 14.7 Å². The lowest BCUT2D eigenvalue weighted by Crippen LogP contribution is -2.30. The second-order valence-corrected chi connectivity index (χ2v) is 7.51. The SMILES string of the molecule is Cc1c(C(=O)N2C[C@@H](CN)[C@H](c3ccccc3)C2)cnn1Cc1ccccc1. The zero-order valence-corrected chi connectivity index (χ0v) is 16.2. The van der Waals surface area contributed by atoms with Crippen molar-refractivity contribution in [2.75, 3.05) is 19.6 Å². The third kappa shape index (κ3) is 3.58. The molecule has 2 N–H and O–H groups in total. The molecule has 2 atom stereocenters. The van der Waals surface area contributed by atoms with Crippen LogP contribution in [-0.4, -0.2) is 40.2 Å². The van der Waals surface area contributed by atoms with Gasteiger partial charge >= 0.3 is 0 Å². The van der Waals surface area contributed by atoms with Crippen molar-refractivity contribution < 1.29 is 4.79 Å². The molecule has 1 amide bonds. The van der Waals surface area contributed by atoms with E-state index in [0.717, 1.165) is 5.69 Å². The average molecular weight is 374 g/mol. The first kappa shape index (κ1) is 18.4. The van der Waals surface area contributed by atoms with Crippen LogP contribution in [0.15, 0.2) is 66.9 Å². The minimum Gasteiger partial charge on any atom is -0.338 e. The van der Waals surface area contributed by atoms with Crippen LogP contribution in [0.2, 0.25) is 0 Å². The monoisotopic (exact) mass is 374 g/mol. The third-order valence-electron chi connectivity index (χ3n) is 5.77. The van der Waals surface area contributed by atoms with Crippen LogP contribution in [0.1, 0.15) is 33.1 Å². The Kier molecular flexibility index (Phi) is 5.26. The maximum atomic E-state index is 13.2. The molecule has 5 nitrogen and oxygen atoms in total. The number of hydrogen-bond donors (Lipinski definition) is 1. The number of rotatable bonds is 5. The van der Waals surface area contributed by atoms with Gasteiger partial charge in [0.15, 0.2) is 0 Å². The summed E-state index contributed by atoms with van der Waals surface area (Å²) in [5.74, 6) is 0.620. The topological polar surface area (TPSA) is 64.2 Å². The molecule has 5 heteroatoms. The lowest BCUT2D eigenvalue weighted by atomic mass is 9.89. The van der Waals surface area contributed by atoms with Gasteiger partial charge in [-0.05, 0) is 30.5 Å². The number of carbonyl (C=O) groups is 1. The molecule has 0 saturated carbocycles. The van der Waals surface area contributed by atoms with Gasteiger partial charge in [-0.25, -0.2) is 0 Å². The molecule has 28 heavy (non-hydrogen) atoms. The predicted octanol–water partition coefficient (Wildman–Crippen LogP) is 3.05. The van der Waals surface area contributed by atoms with E-state index in [0.29, 0.717) is 31.7 Å². The van der Waals surface area contributed by atoms with E-state index in [9.17, 15) is 4.79 Å². The number of hydrogen-bond acceptors (Lipinski definition) is 3. The van der Waals surface area contributed by atoms with Gasteiger partial charge in [0.25, 0.3) is 5.91 Å². The number of likely N-dealkylation sites (tertiary alicyclic amines) is 1. The number of carbonyl (C=O) groups excluding carboxylic acids is 1. The summed E-state index contributed by atoms with van der Waals surface area (Å²) >= 11 is 0. The van der Waals surface area contributed by atoms with Crippen molar-refractivity contribution >= 4 is 5.91 Å². The molecule has 1 aromatic heterocycles. The van der Waals surface area contributed by atoms with Crippen molar-refractivity contribution in [3.8, 4) is 0 Å². The van der Waals surface area contributed by atoms with Crippen molar-refractivity contribution in [2.24, 2.45) is 11.7 Å². The standard InChI is InChI=1S/C23H26N4O/c1-17-21(13-25-27(17)14-18-8-4-2-5-9-18)23(28)26-15-20(12-24)22(16-26)19-10-6-3-7-11-19/h2-11,13,20,22H,12,14-16,24H2,1H3/t20-,22+/m1/s1. The van der Waals surface area contributed by atoms with E-state index in [2.05, 4.69) is 29.4 Å². The van der Waals surface area contributed by atoms with Crippen LogP contribution in [0.25, 0.3) is 0 Å². The summed E-state index contributed by atoms with van der Waals surface area (Å²) < 4.78 is 1.90. The Balaban J connectivity index is 1.52. The minimum atomic E-state index is 0.0497. The highest BCUT2D eigenvalue weighted by Crippen LogP contribution is 2.33. The van der Waals surface area contributed by atoms with Gasteiger partial charge < -0.3 is 10.6 Å². The van der Waals surface area contributed by atoms with Gasteiger partial charge in [-0.15, -0.1) is 0 Å². The molecular formula is C23H26N4O. The molecule has 0 radical (unpaired) electrons. The smallest absolute Gasteiger partial charge is 0.257 e. The quantitative estimate of drug-likeness (QED) is 0.746. The third-order valence-corrected chi connectivity index (χ3v) is 5.77. The van der Waals surface area contributed by atoms with Crippen LogP contribution in [0.5, 0.6) is 0 Å². The second kappa shape index (κ2) is 7.98. The van der Waals surface area contributed by atoms with Crippen LogP contribution in [0.3, 0.4) is 0 Å². The van der Waals surface area contributed by atoms with E-state index >= 15 is 0 Å². The first-order valence-electron chi connectivity index (χ1n) is 9.78. The summed E-state index contributed by atoms with van der Waals surface area (Å²) in [5, 5.41) is 4.46. The Labute approximate surface area is 165 Å². The fourth-order valence-electron chi connectivity index (χ4n) is 4.10. The van der Waals surface area contributed by atoms with E-state index in [1.54, 1.807) is 6.20 Å². The lowest BCUT2D eigenvalue weighted by molar-refractivity contribution is 0.0785. The molecule has 1 fully saturated rings. The number of benzene rings is 2. The van der Waals surface area contributed by atoms with E-state index in [-0.39, 0.29) is 17.7 Å². The molecule has 144 valence electrons. The zero-order chi connectivity index (χ0) is 19.5. The van der Waals surface area contributed by atoms with Gasteiger partial charge in [-0.1, -0.05) is 60.7 Å². The zero-order valence-electron chi connectivity index (χ0n) is 16.2. The molecule has 0 aliphatic carbocycles. The molecular weight excluding hydrogens is 348 g/mol. The van der Waals surface area contributed by atoms with Crippen molar-refractivity contribution in [1.29, 1.82) is 0 Å². The summed E-state index contributed by atoms with van der Waals surface area (Å²) in [6.07, 6.45) is 1.70. The van der Waals surface area contributed by atoms with Gasteiger partial charge in [-0.3, -0.25) is 9.48 Å². The van der Waals surface area contributed by atoms with Gasteiger partial charge in [0.05, 0.1) is 18.3 Å². The van der Waals surface area contributed by atoms with E-state index < -0.39 is 0 Å². The first-order chi connectivity index (χ1) is 13.7. The molecule has 2 heterocycles.